The van der Waals surface area contributed by atoms with E-state index in [-0.39, 0.29) is 5.69 Å². The van der Waals surface area contributed by atoms with Crippen LogP contribution in [0, 0.1) is 0 Å². The van der Waals surface area contributed by atoms with Crippen LogP contribution in [0.15, 0.2) is 17.1 Å². The van der Waals surface area contributed by atoms with Crippen molar-refractivity contribution in [1.82, 2.24) is 10.3 Å². The summed E-state index contributed by atoms with van der Waals surface area (Å²) >= 11 is 0. The first-order valence-corrected chi connectivity index (χ1v) is 3.14. The predicted octanol–water partition coefficient (Wildman–Crippen LogP) is 0.669. The lowest BCUT2D eigenvalue weighted by Gasteiger charge is -1.99. The minimum atomic E-state index is -2.55. The molecule has 0 fully saturated rings. The van der Waals surface area contributed by atoms with E-state index in [2.05, 4.69) is 9.40 Å². The van der Waals surface area contributed by atoms with Crippen LogP contribution in [0.4, 0.5) is 8.78 Å². The average molecular weight is 176 g/mol. The molecule has 0 aliphatic heterocycles. The number of alkyl halides is 2. The summed E-state index contributed by atoms with van der Waals surface area (Å²) in [7, 11) is 0. The van der Waals surface area contributed by atoms with Gasteiger partial charge in [0, 0.05) is 0 Å². The van der Waals surface area contributed by atoms with E-state index in [0.717, 1.165) is 12.7 Å². The van der Waals surface area contributed by atoms with Crippen LogP contribution < -0.4 is 5.32 Å². The molecular weight excluding hydrogens is 170 g/mol. The lowest BCUT2D eigenvalue weighted by Crippen LogP contribution is -2.28. The largest absolute Gasteiger partial charge is 0.451 e. The standard InChI is InChI=1S/C6H6F2N2O2/c7-5(8)1-9-6(11)4-2-12-3-10-4/h2-3,5H,1H2,(H,9,11). The first-order chi connectivity index (χ1) is 5.70. The van der Waals surface area contributed by atoms with Crippen LogP contribution in [-0.2, 0) is 0 Å². The Kier molecular flexibility index (Phi) is 2.73. The van der Waals surface area contributed by atoms with Gasteiger partial charge in [-0.15, -0.1) is 0 Å². The molecule has 4 nitrogen and oxygen atoms in total. The van der Waals surface area contributed by atoms with Crippen molar-refractivity contribution in [3.8, 4) is 0 Å². The zero-order chi connectivity index (χ0) is 8.97. The zero-order valence-electron chi connectivity index (χ0n) is 5.96. The summed E-state index contributed by atoms with van der Waals surface area (Å²) in [4.78, 5) is 14.3. The van der Waals surface area contributed by atoms with E-state index >= 15 is 0 Å². The van der Waals surface area contributed by atoms with Crippen LogP contribution in [0.3, 0.4) is 0 Å². The smallest absolute Gasteiger partial charge is 0.273 e. The van der Waals surface area contributed by atoms with Crippen LogP contribution in [-0.4, -0.2) is 23.9 Å². The second kappa shape index (κ2) is 3.80. The van der Waals surface area contributed by atoms with E-state index in [9.17, 15) is 13.6 Å². The number of rotatable bonds is 3. The molecule has 0 bridgehead atoms. The fourth-order valence-electron chi connectivity index (χ4n) is 0.585. The average Bonchev–Trinajstić information content (AvgIpc) is 2.51. The highest BCUT2D eigenvalue weighted by atomic mass is 19.3. The van der Waals surface area contributed by atoms with Gasteiger partial charge in [0.2, 0.25) is 0 Å². The first kappa shape index (κ1) is 8.63. The molecule has 1 heterocycles. The van der Waals surface area contributed by atoms with Crippen LogP contribution >= 0.6 is 0 Å². The molecule has 12 heavy (non-hydrogen) atoms. The van der Waals surface area contributed by atoms with Crippen LogP contribution in [0.25, 0.3) is 0 Å². The molecule has 0 saturated carbocycles. The Morgan fingerprint density at radius 1 is 1.75 bits per heavy atom. The number of nitrogens with one attached hydrogen (secondary N) is 1. The number of amides is 1. The molecule has 0 radical (unpaired) electrons. The van der Waals surface area contributed by atoms with E-state index in [0.29, 0.717) is 0 Å². The molecule has 6 heteroatoms. The minimum absolute atomic E-state index is 0.00403. The van der Waals surface area contributed by atoms with Crippen molar-refractivity contribution in [1.29, 1.82) is 0 Å². The molecule has 0 atom stereocenters. The highest BCUT2D eigenvalue weighted by molar-refractivity contribution is 5.91. The van der Waals surface area contributed by atoms with Crippen molar-refractivity contribution in [3.05, 3.63) is 18.4 Å². The van der Waals surface area contributed by atoms with Gasteiger partial charge in [0.25, 0.3) is 12.3 Å². The molecule has 1 rings (SSSR count). The van der Waals surface area contributed by atoms with Gasteiger partial charge in [-0.2, -0.15) is 0 Å². The number of hydrogen-bond acceptors (Lipinski definition) is 3. The van der Waals surface area contributed by atoms with Crippen LogP contribution in [0.5, 0.6) is 0 Å². The molecule has 66 valence electrons. The number of carbonyl (C=O) groups is 1. The molecule has 1 aromatic rings. The van der Waals surface area contributed by atoms with Gasteiger partial charge in [0.05, 0.1) is 6.54 Å². The van der Waals surface area contributed by atoms with Gasteiger partial charge in [0.1, 0.15) is 6.26 Å². The molecule has 1 aromatic heterocycles. The van der Waals surface area contributed by atoms with E-state index in [1.54, 1.807) is 0 Å². The monoisotopic (exact) mass is 176 g/mol. The quantitative estimate of drug-likeness (QED) is 0.736. The molecule has 0 aliphatic carbocycles. The third-order valence-corrected chi connectivity index (χ3v) is 1.08. The number of nitrogens with zero attached hydrogens (tertiary/aromatic N) is 1. The van der Waals surface area contributed by atoms with Gasteiger partial charge < -0.3 is 9.73 Å². The Labute approximate surface area is 66.6 Å². The van der Waals surface area contributed by atoms with Gasteiger partial charge in [-0.3, -0.25) is 4.79 Å². The maximum Gasteiger partial charge on any atom is 0.273 e. The van der Waals surface area contributed by atoms with Crippen molar-refractivity contribution in [3.63, 3.8) is 0 Å². The summed E-state index contributed by atoms with van der Waals surface area (Å²) < 4.78 is 27.6. The normalized spacial score (nSPS) is 10.2. The number of oxazole rings is 1. The summed E-state index contributed by atoms with van der Waals surface area (Å²) in [5, 5.41) is 1.97. The van der Waals surface area contributed by atoms with Crippen molar-refractivity contribution >= 4 is 5.91 Å². The first-order valence-electron chi connectivity index (χ1n) is 3.14. The van der Waals surface area contributed by atoms with Crippen LogP contribution in [0.1, 0.15) is 10.5 Å². The molecule has 0 unspecified atom stereocenters. The fourth-order valence-corrected chi connectivity index (χ4v) is 0.585. The fraction of sp³-hybridized carbons (Fsp3) is 0.333. The lowest BCUT2D eigenvalue weighted by molar-refractivity contribution is 0.0887. The Morgan fingerprint density at radius 3 is 3.00 bits per heavy atom. The second-order valence-corrected chi connectivity index (χ2v) is 1.97. The number of hydrogen-bond donors (Lipinski definition) is 1. The molecule has 0 spiro atoms. The van der Waals surface area contributed by atoms with Gasteiger partial charge in [-0.1, -0.05) is 0 Å². The van der Waals surface area contributed by atoms with Gasteiger partial charge in [0.15, 0.2) is 12.1 Å². The third-order valence-electron chi connectivity index (χ3n) is 1.08. The lowest BCUT2D eigenvalue weighted by atomic mass is 10.4. The van der Waals surface area contributed by atoms with Crippen molar-refractivity contribution in [2.45, 2.75) is 6.43 Å². The summed E-state index contributed by atoms with van der Waals surface area (Å²) in [6.07, 6.45) is -0.418. The van der Waals surface area contributed by atoms with Gasteiger partial charge in [-0.25, -0.2) is 13.8 Å². The molecule has 0 aromatic carbocycles. The topological polar surface area (TPSA) is 55.1 Å². The van der Waals surface area contributed by atoms with E-state index in [1.807, 2.05) is 5.32 Å². The Bertz CT molecular complexity index is 248. The van der Waals surface area contributed by atoms with Crippen molar-refractivity contribution in [2.75, 3.05) is 6.54 Å². The minimum Gasteiger partial charge on any atom is -0.451 e. The van der Waals surface area contributed by atoms with Crippen molar-refractivity contribution in [2.24, 2.45) is 0 Å². The summed E-state index contributed by atoms with van der Waals surface area (Å²) in [5.74, 6) is -0.663. The Hall–Kier alpha value is -1.46. The number of aromatic nitrogens is 1. The Morgan fingerprint density at radius 2 is 2.50 bits per heavy atom. The predicted molar refractivity (Wildman–Crippen MR) is 34.8 cm³/mol. The van der Waals surface area contributed by atoms with Crippen LogP contribution in [0.2, 0.25) is 0 Å². The van der Waals surface area contributed by atoms with Crippen molar-refractivity contribution < 1.29 is 18.0 Å². The second-order valence-electron chi connectivity index (χ2n) is 1.97. The maximum atomic E-state index is 11.6. The number of halogens is 2. The van der Waals surface area contributed by atoms with Gasteiger partial charge >= 0.3 is 0 Å². The summed E-state index contributed by atoms with van der Waals surface area (Å²) in [6, 6.07) is 0. The van der Waals surface area contributed by atoms with E-state index < -0.39 is 18.9 Å². The molecule has 1 N–H and O–H groups in total. The molecule has 1 amide bonds. The van der Waals surface area contributed by atoms with Gasteiger partial charge in [-0.05, 0) is 0 Å². The summed E-state index contributed by atoms with van der Waals surface area (Å²) in [6.45, 7) is -0.675. The molecule has 0 saturated heterocycles. The molecule has 0 aliphatic rings. The summed E-state index contributed by atoms with van der Waals surface area (Å²) in [5.41, 5.74) is -0.00403. The highest BCUT2D eigenvalue weighted by Crippen LogP contribution is 1.94. The van der Waals surface area contributed by atoms with E-state index in [4.69, 9.17) is 0 Å². The maximum absolute atomic E-state index is 11.6. The third kappa shape index (κ3) is 2.30. The van der Waals surface area contributed by atoms with E-state index in [1.165, 1.54) is 0 Å². The zero-order valence-corrected chi connectivity index (χ0v) is 5.96. The SMILES string of the molecule is O=C(NCC(F)F)c1cocn1. The Balaban J connectivity index is 2.40. The number of carbonyl (C=O) groups excluding carboxylic acids is 1. The highest BCUT2D eigenvalue weighted by Gasteiger charge is 2.10. The molecular formula is C6H6F2N2O2.